The summed E-state index contributed by atoms with van der Waals surface area (Å²) in [5.74, 6) is 1.91. The van der Waals surface area contributed by atoms with Gasteiger partial charge in [-0.25, -0.2) is 0 Å². The minimum atomic E-state index is 0.706. The third kappa shape index (κ3) is 1.88. The fourth-order valence-corrected chi connectivity index (χ4v) is 3.66. The summed E-state index contributed by atoms with van der Waals surface area (Å²) < 4.78 is 5.89. The van der Waals surface area contributed by atoms with Crippen LogP contribution < -0.4 is 4.74 Å². The molecular weight excluding hydrogens is 264 g/mol. The molecule has 2 atom stereocenters. The van der Waals surface area contributed by atoms with Crippen molar-refractivity contribution in [2.45, 2.75) is 42.8 Å². The molecule has 0 aromatic heterocycles. The fraction of sp³-hybridized carbons (Fsp3) is 0.571. The van der Waals surface area contributed by atoms with E-state index in [1.54, 1.807) is 0 Å². The lowest BCUT2D eigenvalue weighted by Gasteiger charge is -2.23. The first kappa shape index (κ1) is 10.6. The molecule has 0 spiro atoms. The number of aryl methyl sites for hydroxylation is 1. The minimum absolute atomic E-state index is 0.706. The highest BCUT2D eigenvalue weighted by Gasteiger charge is 2.27. The number of fused-ring (bicyclic) bond motifs is 1. The Kier molecular flexibility index (Phi) is 2.93. The van der Waals surface area contributed by atoms with Crippen LogP contribution in [0.1, 0.15) is 42.7 Å². The molecule has 0 radical (unpaired) electrons. The number of hydrogen-bond acceptors (Lipinski definition) is 1. The Morgan fingerprint density at radius 2 is 2.19 bits per heavy atom. The molecule has 1 heterocycles. The molecule has 86 valence electrons. The molecule has 1 saturated carbocycles. The maximum atomic E-state index is 5.89. The van der Waals surface area contributed by atoms with Gasteiger partial charge in [0.15, 0.2) is 0 Å². The SMILES string of the molecule is BrC1CCC(c2cccc3c2OCCC3)C1. The monoisotopic (exact) mass is 280 g/mol. The Labute approximate surface area is 105 Å². The molecule has 1 aliphatic heterocycles. The Hall–Kier alpha value is -0.500. The lowest BCUT2D eigenvalue weighted by atomic mass is 9.92. The standard InChI is InChI=1S/C14H17BrO/c15-12-7-6-11(9-12)13-5-1-3-10-4-2-8-16-14(10)13/h1,3,5,11-12H,2,4,6-9H2. The molecule has 1 fully saturated rings. The first-order chi connectivity index (χ1) is 7.84. The smallest absolute Gasteiger partial charge is 0.125 e. The molecule has 0 saturated heterocycles. The van der Waals surface area contributed by atoms with Crippen molar-refractivity contribution in [1.29, 1.82) is 0 Å². The zero-order valence-electron chi connectivity index (χ0n) is 9.42. The van der Waals surface area contributed by atoms with Gasteiger partial charge >= 0.3 is 0 Å². The van der Waals surface area contributed by atoms with Crippen molar-refractivity contribution in [3.63, 3.8) is 0 Å². The molecule has 16 heavy (non-hydrogen) atoms. The summed E-state index contributed by atoms with van der Waals surface area (Å²) in [7, 11) is 0. The van der Waals surface area contributed by atoms with Gasteiger partial charge in [0.1, 0.15) is 5.75 Å². The van der Waals surface area contributed by atoms with Gasteiger partial charge in [-0.1, -0.05) is 34.1 Å². The van der Waals surface area contributed by atoms with Crippen LogP contribution in [-0.2, 0) is 6.42 Å². The van der Waals surface area contributed by atoms with Gasteiger partial charge in [-0.05, 0) is 49.1 Å². The van der Waals surface area contributed by atoms with Crippen molar-refractivity contribution in [3.05, 3.63) is 29.3 Å². The quantitative estimate of drug-likeness (QED) is 0.706. The largest absolute Gasteiger partial charge is 0.493 e. The Bertz CT molecular complexity index is 388. The molecule has 1 aliphatic carbocycles. The van der Waals surface area contributed by atoms with Crippen LogP contribution in [0.5, 0.6) is 5.75 Å². The molecule has 2 heteroatoms. The number of ether oxygens (including phenoxy) is 1. The summed E-state index contributed by atoms with van der Waals surface area (Å²) in [6.45, 7) is 0.897. The lowest BCUT2D eigenvalue weighted by molar-refractivity contribution is 0.283. The van der Waals surface area contributed by atoms with Crippen LogP contribution >= 0.6 is 15.9 Å². The van der Waals surface area contributed by atoms with E-state index >= 15 is 0 Å². The number of hydrogen-bond donors (Lipinski definition) is 0. The molecule has 0 bridgehead atoms. The number of para-hydroxylation sites is 1. The molecular formula is C14H17BrO. The van der Waals surface area contributed by atoms with Crippen molar-refractivity contribution in [1.82, 2.24) is 0 Å². The molecule has 1 aromatic carbocycles. The highest BCUT2D eigenvalue weighted by Crippen LogP contribution is 2.43. The van der Waals surface area contributed by atoms with E-state index in [-0.39, 0.29) is 0 Å². The number of rotatable bonds is 1. The zero-order chi connectivity index (χ0) is 11.0. The van der Waals surface area contributed by atoms with E-state index in [0.717, 1.165) is 6.61 Å². The van der Waals surface area contributed by atoms with E-state index in [0.29, 0.717) is 10.7 Å². The second-order valence-corrected chi connectivity index (χ2v) is 6.19. The molecule has 0 amide bonds. The van der Waals surface area contributed by atoms with Gasteiger partial charge in [-0.15, -0.1) is 0 Å². The topological polar surface area (TPSA) is 9.23 Å². The van der Waals surface area contributed by atoms with Crippen LogP contribution in [0, 0.1) is 0 Å². The first-order valence-corrected chi connectivity index (χ1v) is 7.15. The summed E-state index contributed by atoms with van der Waals surface area (Å²) in [4.78, 5) is 0.706. The highest BCUT2D eigenvalue weighted by atomic mass is 79.9. The first-order valence-electron chi connectivity index (χ1n) is 6.23. The van der Waals surface area contributed by atoms with Crippen LogP contribution in [0.25, 0.3) is 0 Å². The van der Waals surface area contributed by atoms with E-state index in [4.69, 9.17) is 4.74 Å². The fourth-order valence-electron chi connectivity index (χ4n) is 2.94. The van der Waals surface area contributed by atoms with Gasteiger partial charge in [0, 0.05) is 4.83 Å². The number of halogens is 1. The van der Waals surface area contributed by atoms with Gasteiger partial charge < -0.3 is 4.74 Å². The van der Waals surface area contributed by atoms with E-state index in [1.165, 1.54) is 49.0 Å². The van der Waals surface area contributed by atoms with Gasteiger partial charge in [0.05, 0.1) is 6.61 Å². The third-order valence-electron chi connectivity index (χ3n) is 3.77. The zero-order valence-corrected chi connectivity index (χ0v) is 11.0. The molecule has 2 unspecified atom stereocenters. The summed E-state index contributed by atoms with van der Waals surface area (Å²) in [6.07, 6.45) is 6.22. The summed E-state index contributed by atoms with van der Waals surface area (Å²) >= 11 is 3.73. The Balaban J connectivity index is 1.94. The molecule has 1 aromatic rings. The van der Waals surface area contributed by atoms with Crippen LogP contribution in [0.2, 0.25) is 0 Å². The second kappa shape index (κ2) is 4.40. The third-order valence-corrected chi connectivity index (χ3v) is 4.60. The van der Waals surface area contributed by atoms with Crippen molar-refractivity contribution >= 4 is 15.9 Å². The van der Waals surface area contributed by atoms with Gasteiger partial charge in [-0.3, -0.25) is 0 Å². The predicted molar refractivity (Wildman–Crippen MR) is 69.6 cm³/mol. The normalized spacial score (nSPS) is 28.6. The molecule has 2 aliphatic rings. The van der Waals surface area contributed by atoms with Crippen molar-refractivity contribution in [2.75, 3.05) is 6.61 Å². The van der Waals surface area contributed by atoms with Crippen molar-refractivity contribution < 1.29 is 4.74 Å². The lowest BCUT2D eigenvalue weighted by Crippen LogP contribution is -2.11. The maximum absolute atomic E-state index is 5.89. The minimum Gasteiger partial charge on any atom is -0.493 e. The van der Waals surface area contributed by atoms with E-state index in [1.807, 2.05) is 0 Å². The van der Waals surface area contributed by atoms with Crippen LogP contribution in [0.3, 0.4) is 0 Å². The number of alkyl halides is 1. The second-order valence-electron chi connectivity index (χ2n) is 4.89. The highest BCUT2D eigenvalue weighted by molar-refractivity contribution is 9.09. The van der Waals surface area contributed by atoms with Gasteiger partial charge in [-0.2, -0.15) is 0 Å². The molecule has 1 nitrogen and oxygen atoms in total. The van der Waals surface area contributed by atoms with Crippen LogP contribution in [-0.4, -0.2) is 11.4 Å². The predicted octanol–water partition coefficient (Wildman–Crippen LogP) is 4.04. The Morgan fingerprint density at radius 1 is 1.25 bits per heavy atom. The maximum Gasteiger partial charge on any atom is 0.125 e. The van der Waals surface area contributed by atoms with Gasteiger partial charge in [0.2, 0.25) is 0 Å². The van der Waals surface area contributed by atoms with E-state index < -0.39 is 0 Å². The number of benzene rings is 1. The van der Waals surface area contributed by atoms with Crippen molar-refractivity contribution in [2.24, 2.45) is 0 Å². The molecule has 3 rings (SSSR count). The van der Waals surface area contributed by atoms with Crippen molar-refractivity contribution in [3.8, 4) is 5.75 Å². The Morgan fingerprint density at radius 3 is 3.00 bits per heavy atom. The van der Waals surface area contributed by atoms with Gasteiger partial charge in [0.25, 0.3) is 0 Å². The summed E-state index contributed by atoms with van der Waals surface area (Å²) in [6, 6.07) is 6.68. The average Bonchev–Trinajstić information content (AvgIpc) is 2.75. The summed E-state index contributed by atoms with van der Waals surface area (Å²) in [5, 5.41) is 0. The van der Waals surface area contributed by atoms with Crippen LogP contribution in [0.4, 0.5) is 0 Å². The summed E-state index contributed by atoms with van der Waals surface area (Å²) in [5.41, 5.74) is 2.88. The van der Waals surface area contributed by atoms with Crippen LogP contribution in [0.15, 0.2) is 18.2 Å². The molecule has 0 N–H and O–H groups in total. The van der Waals surface area contributed by atoms with E-state index in [9.17, 15) is 0 Å². The van der Waals surface area contributed by atoms with E-state index in [2.05, 4.69) is 34.1 Å². The average molecular weight is 281 g/mol.